The lowest BCUT2D eigenvalue weighted by Crippen LogP contribution is -2.58. The van der Waals surface area contributed by atoms with Gasteiger partial charge in [-0.25, -0.2) is 0 Å². The molecule has 0 spiro atoms. The Morgan fingerprint density at radius 3 is 2.56 bits per heavy atom. The van der Waals surface area contributed by atoms with Crippen molar-refractivity contribution < 1.29 is 9.90 Å². The van der Waals surface area contributed by atoms with E-state index in [1.807, 2.05) is 0 Å². The lowest BCUT2D eigenvalue weighted by atomic mass is 10.1. The van der Waals surface area contributed by atoms with E-state index in [9.17, 15) is 4.79 Å². The van der Waals surface area contributed by atoms with Gasteiger partial charge in [0.2, 0.25) is 5.91 Å². The highest BCUT2D eigenvalue weighted by molar-refractivity contribution is 5.79. The summed E-state index contributed by atoms with van der Waals surface area (Å²) in [5.74, 6) is 0.154. The summed E-state index contributed by atoms with van der Waals surface area (Å²) < 4.78 is 0. The van der Waals surface area contributed by atoms with Crippen LogP contribution in [-0.4, -0.2) is 84.2 Å². The summed E-state index contributed by atoms with van der Waals surface area (Å²) in [4.78, 5) is 18.1. The largest absolute Gasteiger partial charge is 0.389 e. The van der Waals surface area contributed by atoms with E-state index in [1.54, 1.807) is 4.90 Å². The molecule has 0 aromatic rings. The molecule has 92 valence electrons. The van der Waals surface area contributed by atoms with Gasteiger partial charge in [-0.3, -0.25) is 9.69 Å². The number of nitrogens with zero attached hydrogens (tertiary/aromatic N) is 3. The third kappa shape index (κ3) is 2.53. The number of carbonyl (C=O) groups is 1. The van der Waals surface area contributed by atoms with Crippen LogP contribution in [0.2, 0.25) is 0 Å². The second-order valence-electron chi connectivity index (χ2n) is 5.03. The summed E-state index contributed by atoms with van der Waals surface area (Å²) in [6.45, 7) is 6.70. The van der Waals surface area contributed by atoms with Crippen LogP contribution in [0.25, 0.3) is 0 Å². The van der Waals surface area contributed by atoms with Crippen molar-refractivity contribution in [2.45, 2.75) is 19.1 Å². The minimum atomic E-state index is -0.297. The fourth-order valence-electron chi connectivity index (χ4n) is 2.34. The van der Waals surface area contributed by atoms with Crippen LogP contribution in [-0.2, 0) is 4.79 Å². The number of rotatable bonds is 2. The van der Waals surface area contributed by atoms with Crippen molar-refractivity contribution in [1.29, 1.82) is 0 Å². The molecule has 5 nitrogen and oxygen atoms in total. The summed E-state index contributed by atoms with van der Waals surface area (Å²) >= 11 is 0. The molecule has 5 heteroatoms. The van der Waals surface area contributed by atoms with Crippen LogP contribution in [0.3, 0.4) is 0 Å². The lowest BCUT2D eigenvalue weighted by Gasteiger charge is -2.41. The Labute approximate surface area is 96.6 Å². The summed E-state index contributed by atoms with van der Waals surface area (Å²) in [5, 5.41) is 9.15. The molecule has 2 aliphatic heterocycles. The molecule has 0 bridgehead atoms. The fourth-order valence-corrected chi connectivity index (χ4v) is 2.34. The topological polar surface area (TPSA) is 47.0 Å². The molecule has 1 N–H and O–H groups in total. The minimum absolute atomic E-state index is 0.154. The average molecular weight is 227 g/mol. The summed E-state index contributed by atoms with van der Waals surface area (Å²) in [6, 6.07) is 0.439. The molecule has 0 aliphatic carbocycles. The summed E-state index contributed by atoms with van der Waals surface area (Å²) in [6.07, 6.45) is -0.297. The van der Waals surface area contributed by atoms with Crippen molar-refractivity contribution in [2.24, 2.45) is 0 Å². The molecule has 2 fully saturated rings. The van der Waals surface area contributed by atoms with E-state index in [-0.39, 0.29) is 12.0 Å². The number of hydrogen-bond donors (Lipinski definition) is 1. The van der Waals surface area contributed by atoms with E-state index in [4.69, 9.17) is 5.11 Å². The molecule has 0 aromatic heterocycles. The van der Waals surface area contributed by atoms with Gasteiger partial charge in [-0.2, -0.15) is 0 Å². The summed E-state index contributed by atoms with van der Waals surface area (Å²) in [5.41, 5.74) is 0. The van der Waals surface area contributed by atoms with Gasteiger partial charge in [0.05, 0.1) is 12.6 Å². The van der Waals surface area contributed by atoms with Gasteiger partial charge >= 0.3 is 0 Å². The highest BCUT2D eigenvalue weighted by Crippen LogP contribution is 2.11. The Hall–Kier alpha value is -0.650. The van der Waals surface area contributed by atoms with E-state index in [0.29, 0.717) is 25.7 Å². The second kappa shape index (κ2) is 4.69. The van der Waals surface area contributed by atoms with Crippen LogP contribution < -0.4 is 0 Å². The quantitative estimate of drug-likeness (QED) is 0.645. The van der Waals surface area contributed by atoms with E-state index in [2.05, 4.69) is 23.8 Å². The Balaban J connectivity index is 1.78. The fraction of sp³-hybridized carbons (Fsp3) is 0.909. The van der Waals surface area contributed by atoms with Gasteiger partial charge < -0.3 is 14.9 Å². The van der Waals surface area contributed by atoms with E-state index >= 15 is 0 Å². The second-order valence-corrected chi connectivity index (χ2v) is 5.03. The van der Waals surface area contributed by atoms with Crippen molar-refractivity contribution in [3.63, 3.8) is 0 Å². The maximum Gasteiger partial charge on any atom is 0.236 e. The Kier molecular flexibility index (Phi) is 3.47. The van der Waals surface area contributed by atoms with Crippen LogP contribution in [0.15, 0.2) is 0 Å². The van der Waals surface area contributed by atoms with Gasteiger partial charge in [0, 0.05) is 38.8 Å². The molecule has 0 aromatic carbocycles. The van der Waals surface area contributed by atoms with Crippen LogP contribution in [0.1, 0.15) is 6.92 Å². The molecule has 2 rings (SSSR count). The maximum atomic E-state index is 11.8. The third-order valence-electron chi connectivity index (χ3n) is 3.52. The first kappa shape index (κ1) is 11.8. The highest BCUT2D eigenvalue weighted by Gasteiger charge is 2.31. The molecule has 1 unspecified atom stereocenters. The molecule has 1 atom stereocenters. The van der Waals surface area contributed by atoms with E-state index in [0.717, 1.165) is 19.6 Å². The van der Waals surface area contributed by atoms with Crippen LogP contribution in [0, 0.1) is 0 Å². The SMILES string of the molecule is CC1CN(C)CCN1CC(=O)N1CC(O)C1. The van der Waals surface area contributed by atoms with Gasteiger partial charge in [0.25, 0.3) is 0 Å². The normalized spacial score (nSPS) is 29.2. The molecule has 16 heavy (non-hydrogen) atoms. The number of aliphatic hydroxyl groups is 1. The Bertz CT molecular complexity index is 266. The molecular formula is C11H21N3O2. The lowest BCUT2D eigenvalue weighted by molar-refractivity contribution is -0.143. The molecule has 2 saturated heterocycles. The number of aliphatic hydroxyl groups excluding tert-OH is 1. The van der Waals surface area contributed by atoms with Crippen LogP contribution >= 0.6 is 0 Å². The Morgan fingerprint density at radius 1 is 1.31 bits per heavy atom. The Morgan fingerprint density at radius 2 is 2.00 bits per heavy atom. The van der Waals surface area contributed by atoms with Crippen LogP contribution in [0.4, 0.5) is 0 Å². The first-order valence-electron chi connectivity index (χ1n) is 5.94. The number of carbonyl (C=O) groups excluding carboxylic acids is 1. The average Bonchev–Trinajstić information content (AvgIpc) is 2.17. The zero-order valence-corrected chi connectivity index (χ0v) is 10.1. The van der Waals surface area contributed by atoms with Crippen molar-refractivity contribution in [3.05, 3.63) is 0 Å². The predicted octanol–water partition coefficient (Wildman–Crippen LogP) is -1.17. The zero-order chi connectivity index (χ0) is 11.7. The maximum absolute atomic E-state index is 11.8. The monoisotopic (exact) mass is 227 g/mol. The molecule has 0 saturated carbocycles. The van der Waals surface area contributed by atoms with Crippen molar-refractivity contribution in [2.75, 3.05) is 46.3 Å². The number of piperazine rings is 1. The smallest absolute Gasteiger partial charge is 0.236 e. The number of β-amino-alcohol motifs (C(OH)–C–C–N with tert-alkyl or cyclic N) is 1. The number of amides is 1. The molecular weight excluding hydrogens is 206 g/mol. The number of hydrogen-bond acceptors (Lipinski definition) is 4. The predicted molar refractivity (Wildman–Crippen MR) is 61.1 cm³/mol. The highest BCUT2D eigenvalue weighted by atomic mass is 16.3. The minimum Gasteiger partial charge on any atom is -0.389 e. The molecule has 1 amide bonds. The number of likely N-dealkylation sites (N-methyl/N-ethyl adjacent to an activating group) is 1. The van der Waals surface area contributed by atoms with Gasteiger partial charge in [0.15, 0.2) is 0 Å². The van der Waals surface area contributed by atoms with Crippen LogP contribution in [0.5, 0.6) is 0 Å². The van der Waals surface area contributed by atoms with Crippen molar-refractivity contribution in [3.8, 4) is 0 Å². The van der Waals surface area contributed by atoms with Gasteiger partial charge in [-0.15, -0.1) is 0 Å². The first-order chi connectivity index (χ1) is 7.56. The van der Waals surface area contributed by atoms with Crippen molar-refractivity contribution in [1.82, 2.24) is 14.7 Å². The summed E-state index contributed by atoms with van der Waals surface area (Å²) in [7, 11) is 2.11. The van der Waals surface area contributed by atoms with E-state index in [1.165, 1.54) is 0 Å². The zero-order valence-electron chi connectivity index (χ0n) is 10.1. The van der Waals surface area contributed by atoms with Gasteiger partial charge in [-0.05, 0) is 14.0 Å². The van der Waals surface area contributed by atoms with Crippen molar-refractivity contribution >= 4 is 5.91 Å². The molecule has 2 heterocycles. The standard InChI is InChI=1S/C11H21N3O2/c1-9-5-12(2)3-4-13(9)8-11(16)14-6-10(15)7-14/h9-10,15H,3-8H2,1-2H3. The number of likely N-dealkylation sites (tertiary alicyclic amines) is 1. The molecule has 2 aliphatic rings. The molecule has 0 radical (unpaired) electrons. The van der Waals surface area contributed by atoms with E-state index < -0.39 is 0 Å². The van der Waals surface area contributed by atoms with Gasteiger partial charge in [-0.1, -0.05) is 0 Å². The van der Waals surface area contributed by atoms with Gasteiger partial charge in [0.1, 0.15) is 0 Å². The third-order valence-corrected chi connectivity index (χ3v) is 3.52. The first-order valence-corrected chi connectivity index (χ1v) is 5.94.